The van der Waals surface area contributed by atoms with E-state index in [4.69, 9.17) is 9.47 Å². The maximum atomic E-state index is 12.3. The van der Waals surface area contributed by atoms with E-state index in [0.29, 0.717) is 12.8 Å². The van der Waals surface area contributed by atoms with Crippen LogP contribution in [0.15, 0.2) is 170 Å². The monoisotopic (exact) mass is 1100 g/mol. The number of ether oxygens (including phenoxy) is 2. The summed E-state index contributed by atoms with van der Waals surface area (Å²) in [4.78, 5) is 24.6. The number of esters is 2. The zero-order valence-corrected chi connectivity index (χ0v) is 51.5. The second-order valence-corrected chi connectivity index (χ2v) is 21.1. The zero-order valence-electron chi connectivity index (χ0n) is 51.5. The van der Waals surface area contributed by atoms with Crippen LogP contribution in [0.5, 0.6) is 0 Å². The van der Waals surface area contributed by atoms with Gasteiger partial charge in [-0.2, -0.15) is 0 Å². The number of hydrogen-bond acceptors (Lipinski definition) is 5. The van der Waals surface area contributed by atoms with E-state index < -0.39 is 6.10 Å². The highest BCUT2D eigenvalue weighted by Crippen LogP contribution is 2.16. The van der Waals surface area contributed by atoms with Crippen LogP contribution in [0, 0.1) is 0 Å². The van der Waals surface area contributed by atoms with Gasteiger partial charge >= 0.3 is 11.9 Å². The third kappa shape index (κ3) is 65.8. The van der Waals surface area contributed by atoms with E-state index in [2.05, 4.69) is 184 Å². The lowest BCUT2D eigenvalue weighted by atomic mass is 10.0. The summed E-state index contributed by atoms with van der Waals surface area (Å²) in [6.07, 6.45) is 106. The molecule has 0 aromatic rings. The van der Waals surface area contributed by atoms with Crippen molar-refractivity contribution in [1.82, 2.24) is 0 Å². The van der Waals surface area contributed by atoms with E-state index >= 15 is 0 Å². The quantitative estimate of drug-likeness (QED) is 0.0373. The van der Waals surface area contributed by atoms with Crippen molar-refractivity contribution in [2.45, 2.75) is 277 Å². The van der Waals surface area contributed by atoms with Crippen molar-refractivity contribution in [1.29, 1.82) is 0 Å². The van der Waals surface area contributed by atoms with E-state index in [0.717, 1.165) is 141 Å². The summed E-state index contributed by atoms with van der Waals surface area (Å²) in [5.74, 6) is -0.624. The molecule has 1 N–H and O–H groups in total. The first kappa shape index (κ1) is 75.3. The van der Waals surface area contributed by atoms with Crippen molar-refractivity contribution in [3.05, 3.63) is 170 Å². The number of allylic oxidation sites excluding steroid dienone is 28. The number of unbranched alkanes of at least 4 members (excludes halogenated alkanes) is 22. The zero-order chi connectivity index (χ0) is 57.6. The third-order valence-electron chi connectivity index (χ3n) is 13.5. The van der Waals surface area contributed by atoms with E-state index in [1.807, 2.05) is 0 Å². The maximum absolute atomic E-state index is 12.3. The fraction of sp³-hybridized carbons (Fsp3) is 0.600. The molecule has 0 fully saturated rings. The minimum atomic E-state index is -0.799. The summed E-state index contributed by atoms with van der Waals surface area (Å²) < 4.78 is 10.7. The minimum absolute atomic E-state index is 0.0850. The summed E-state index contributed by atoms with van der Waals surface area (Å²) in [6.45, 7) is 3.90. The van der Waals surface area contributed by atoms with Crippen LogP contribution in [-0.2, 0) is 19.1 Å². The Hall–Kier alpha value is -4.74. The molecule has 0 aromatic heterocycles. The Morgan fingerprint density at radius 1 is 0.287 bits per heavy atom. The largest absolute Gasteiger partial charge is 0.462 e. The molecular formula is C75H120O5. The molecule has 0 aliphatic heterocycles. The van der Waals surface area contributed by atoms with Crippen LogP contribution in [0.2, 0.25) is 0 Å². The van der Waals surface area contributed by atoms with Gasteiger partial charge < -0.3 is 14.6 Å². The number of rotatable bonds is 58. The predicted molar refractivity (Wildman–Crippen MR) is 352 cm³/mol. The molecule has 5 nitrogen and oxygen atoms in total. The molecule has 0 aliphatic carbocycles. The van der Waals surface area contributed by atoms with Crippen molar-refractivity contribution < 1.29 is 24.2 Å². The summed E-state index contributed by atoms with van der Waals surface area (Å²) in [6, 6.07) is 0. The molecule has 1 unspecified atom stereocenters. The highest BCUT2D eigenvalue weighted by Gasteiger charge is 2.16. The van der Waals surface area contributed by atoms with Crippen molar-refractivity contribution in [3.8, 4) is 0 Å². The molecule has 450 valence electrons. The van der Waals surface area contributed by atoms with Gasteiger partial charge in [0.1, 0.15) is 6.61 Å². The second kappa shape index (κ2) is 68.5. The lowest BCUT2D eigenvalue weighted by molar-refractivity contribution is -0.161. The molecule has 80 heavy (non-hydrogen) atoms. The summed E-state index contributed by atoms with van der Waals surface area (Å²) in [5.41, 5.74) is 0. The second-order valence-electron chi connectivity index (χ2n) is 21.1. The van der Waals surface area contributed by atoms with Crippen LogP contribution in [0.25, 0.3) is 0 Å². The lowest BCUT2D eigenvalue weighted by Crippen LogP contribution is -2.28. The SMILES string of the molecule is CC/C=C\C/C=C\C/C=C\C/C=C\C/C=C\C/C=C\C/C=C\C/C=C\C/C=C\C/C=C\CCCCCCC(=O)OC(CO)COC(=O)CCCCCCCCCCCCCCCCCCCC/C=C\C/C=C\C/C=C\C/C=C\CC. The van der Waals surface area contributed by atoms with Gasteiger partial charge in [-0.1, -0.05) is 300 Å². The highest BCUT2D eigenvalue weighted by molar-refractivity contribution is 5.70. The fourth-order valence-electron chi connectivity index (χ4n) is 8.69. The van der Waals surface area contributed by atoms with Gasteiger partial charge in [0.2, 0.25) is 0 Å². The Bertz CT molecular complexity index is 1770. The summed E-state index contributed by atoms with van der Waals surface area (Å²) >= 11 is 0. The van der Waals surface area contributed by atoms with Crippen LogP contribution in [0.4, 0.5) is 0 Å². The van der Waals surface area contributed by atoms with Crippen LogP contribution in [0.3, 0.4) is 0 Å². The molecule has 0 amide bonds. The minimum Gasteiger partial charge on any atom is -0.462 e. The first-order valence-electron chi connectivity index (χ1n) is 32.7. The molecule has 5 heteroatoms. The van der Waals surface area contributed by atoms with Crippen molar-refractivity contribution in [3.63, 3.8) is 0 Å². The van der Waals surface area contributed by atoms with Crippen LogP contribution >= 0.6 is 0 Å². The Morgan fingerprint density at radius 3 is 0.750 bits per heavy atom. The molecule has 0 bridgehead atoms. The Labute approximate surface area is 493 Å². The molecular weight excluding hydrogens is 981 g/mol. The molecule has 0 spiro atoms. The van der Waals surface area contributed by atoms with E-state index in [1.54, 1.807) is 0 Å². The van der Waals surface area contributed by atoms with Crippen LogP contribution in [-0.4, -0.2) is 36.4 Å². The third-order valence-corrected chi connectivity index (χ3v) is 13.5. The molecule has 0 aliphatic rings. The predicted octanol–water partition coefficient (Wildman–Crippen LogP) is 22.9. The lowest BCUT2D eigenvalue weighted by Gasteiger charge is -2.15. The number of aliphatic hydroxyl groups excluding tert-OH is 1. The Kier molecular flexibility index (Phi) is 64.5. The van der Waals surface area contributed by atoms with E-state index in [1.165, 1.54) is 103 Å². The number of carbonyl (C=O) groups is 2. The van der Waals surface area contributed by atoms with Gasteiger partial charge in [0.25, 0.3) is 0 Å². The van der Waals surface area contributed by atoms with Crippen molar-refractivity contribution in [2.24, 2.45) is 0 Å². The summed E-state index contributed by atoms with van der Waals surface area (Å²) in [5, 5.41) is 9.69. The molecule has 0 radical (unpaired) electrons. The van der Waals surface area contributed by atoms with E-state index in [9.17, 15) is 14.7 Å². The molecule has 0 aromatic carbocycles. The number of aliphatic hydroxyl groups is 1. The van der Waals surface area contributed by atoms with Crippen molar-refractivity contribution in [2.75, 3.05) is 13.2 Å². The molecule has 0 saturated heterocycles. The van der Waals surface area contributed by atoms with Gasteiger partial charge in [0.15, 0.2) is 6.10 Å². The van der Waals surface area contributed by atoms with Crippen LogP contribution < -0.4 is 0 Å². The van der Waals surface area contributed by atoms with Gasteiger partial charge in [0.05, 0.1) is 6.61 Å². The number of carbonyl (C=O) groups excluding carboxylic acids is 2. The average Bonchev–Trinajstić information content (AvgIpc) is 3.46. The van der Waals surface area contributed by atoms with E-state index in [-0.39, 0.29) is 25.2 Å². The molecule has 0 heterocycles. The molecule has 0 saturated carbocycles. The standard InChI is InChI=1S/C75H120O5/c1-3-5-7-9-11-13-15-17-19-21-23-25-27-29-31-33-35-36-37-38-40-42-44-46-48-50-52-54-56-58-60-62-64-66-68-70-75(78)80-73(71-76)72-79-74(77)69-67-65-63-61-59-57-55-53-51-49-47-45-43-41-39-34-32-30-28-26-24-22-20-18-16-14-12-10-8-6-4-2/h5-8,11-14,17-20,23-26,29,31,35-36,38,40,44,46,50,52,56,58,73,76H,3-4,9-10,15-16,21-22,27-28,30,32-34,37,39,41-43,45,47-49,51,53-55,57,59-72H2,1-2H3/b7-5-,8-6-,13-11-,14-12-,19-17-,20-18-,25-23-,26-24-,31-29-,36-35-,40-38-,46-44-,52-50-,58-56-. The summed E-state index contributed by atoms with van der Waals surface area (Å²) in [7, 11) is 0. The smallest absolute Gasteiger partial charge is 0.306 e. The van der Waals surface area contributed by atoms with Gasteiger partial charge in [0, 0.05) is 12.8 Å². The Morgan fingerprint density at radius 2 is 0.500 bits per heavy atom. The molecule has 0 rings (SSSR count). The molecule has 1 atom stereocenters. The average molecular weight is 1100 g/mol. The Balaban J connectivity index is 3.59. The van der Waals surface area contributed by atoms with Gasteiger partial charge in [-0.05, 0) is 128 Å². The van der Waals surface area contributed by atoms with Gasteiger partial charge in [-0.15, -0.1) is 0 Å². The van der Waals surface area contributed by atoms with Crippen LogP contribution in [0.1, 0.15) is 271 Å². The maximum Gasteiger partial charge on any atom is 0.306 e. The van der Waals surface area contributed by atoms with Gasteiger partial charge in [-0.25, -0.2) is 0 Å². The van der Waals surface area contributed by atoms with Gasteiger partial charge in [-0.3, -0.25) is 9.59 Å². The fourth-order valence-corrected chi connectivity index (χ4v) is 8.69. The topological polar surface area (TPSA) is 72.8 Å². The first-order valence-corrected chi connectivity index (χ1v) is 32.7. The van der Waals surface area contributed by atoms with Crippen molar-refractivity contribution >= 4 is 11.9 Å². The normalized spacial score (nSPS) is 13.4. The highest BCUT2D eigenvalue weighted by atomic mass is 16.6. The first-order chi connectivity index (χ1) is 39.6. The number of hydrogen-bond donors (Lipinski definition) is 1.